The second-order valence-corrected chi connectivity index (χ2v) is 4.70. The first-order chi connectivity index (χ1) is 9.42. The molecule has 0 bridgehead atoms. The summed E-state index contributed by atoms with van der Waals surface area (Å²) in [6.45, 7) is 4.51. The van der Waals surface area contributed by atoms with Crippen molar-refractivity contribution in [2.75, 3.05) is 25.9 Å². The Morgan fingerprint density at radius 3 is 2.55 bits per heavy atom. The molecule has 0 atom stereocenters. The molecule has 7 nitrogen and oxygen atoms in total. The number of likely N-dealkylation sites (N-methyl/N-ethyl adjacent to an activating group) is 1. The summed E-state index contributed by atoms with van der Waals surface area (Å²) >= 11 is 0. The van der Waals surface area contributed by atoms with Crippen molar-refractivity contribution in [2.45, 2.75) is 26.7 Å². The van der Waals surface area contributed by atoms with Crippen LogP contribution in [0, 0.1) is 0 Å². The number of nitrogens with one attached hydrogen (secondary N) is 1. The largest absolute Gasteiger partial charge is 0.395 e. The van der Waals surface area contributed by atoms with Crippen LogP contribution >= 0.6 is 0 Å². The van der Waals surface area contributed by atoms with E-state index in [1.165, 1.54) is 9.58 Å². The molecular weight excluding hydrogens is 258 g/mol. The standard InChI is InChI=1S/C13H23N5O2/c1-5-7-15-10(19)8-17(3)13(20)12-11(14)9(6-2)16-18(12)4/h5-8,14H2,1-4H3,(H,15,19). The Hall–Kier alpha value is -2.05. The van der Waals surface area contributed by atoms with Gasteiger partial charge in [0.15, 0.2) is 0 Å². The summed E-state index contributed by atoms with van der Waals surface area (Å²) in [6, 6.07) is 0. The fraction of sp³-hybridized carbons (Fsp3) is 0.615. The van der Waals surface area contributed by atoms with Crippen molar-refractivity contribution in [2.24, 2.45) is 7.05 Å². The molecule has 0 radical (unpaired) electrons. The predicted octanol–water partition coefficient (Wildman–Crippen LogP) is 0.163. The third-order valence-corrected chi connectivity index (χ3v) is 3.00. The molecule has 0 fully saturated rings. The molecule has 20 heavy (non-hydrogen) atoms. The van der Waals surface area contributed by atoms with E-state index in [0.717, 1.165) is 6.42 Å². The molecule has 1 heterocycles. The molecule has 1 rings (SSSR count). The van der Waals surface area contributed by atoms with Crippen molar-refractivity contribution >= 4 is 17.5 Å². The van der Waals surface area contributed by atoms with Crippen LogP contribution in [-0.2, 0) is 18.3 Å². The van der Waals surface area contributed by atoms with Gasteiger partial charge in [0.2, 0.25) is 5.91 Å². The summed E-state index contributed by atoms with van der Waals surface area (Å²) in [5.41, 5.74) is 7.34. The van der Waals surface area contributed by atoms with Crippen LogP contribution in [0.5, 0.6) is 0 Å². The molecule has 0 spiro atoms. The highest BCUT2D eigenvalue weighted by atomic mass is 16.2. The number of aromatic nitrogens is 2. The monoisotopic (exact) mass is 281 g/mol. The third kappa shape index (κ3) is 3.49. The first kappa shape index (κ1) is 16.0. The van der Waals surface area contributed by atoms with Crippen molar-refractivity contribution < 1.29 is 9.59 Å². The van der Waals surface area contributed by atoms with Gasteiger partial charge < -0.3 is 16.0 Å². The van der Waals surface area contributed by atoms with Crippen LogP contribution in [0.1, 0.15) is 36.5 Å². The molecule has 1 aromatic heterocycles. The molecule has 0 saturated carbocycles. The van der Waals surface area contributed by atoms with E-state index in [-0.39, 0.29) is 18.4 Å². The van der Waals surface area contributed by atoms with Crippen LogP contribution in [0.3, 0.4) is 0 Å². The fourth-order valence-electron chi connectivity index (χ4n) is 1.90. The number of carbonyl (C=O) groups is 2. The highest BCUT2D eigenvalue weighted by Gasteiger charge is 2.23. The van der Waals surface area contributed by atoms with Crippen molar-refractivity contribution in [3.05, 3.63) is 11.4 Å². The zero-order chi connectivity index (χ0) is 15.3. The van der Waals surface area contributed by atoms with Crippen LogP contribution in [0.2, 0.25) is 0 Å². The minimum Gasteiger partial charge on any atom is -0.395 e. The van der Waals surface area contributed by atoms with E-state index in [9.17, 15) is 9.59 Å². The number of nitrogen functional groups attached to an aromatic ring is 1. The second-order valence-electron chi connectivity index (χ2n) is 4.70. The first-order valence-electron chi connectivity index (χ1n) is 6.75. The molecule has 0 aromatic carbocycles. The molecule has 7 heteroatoms. The third-order valence-electron chi connectivity index (χ3n) is 3.00. The van der Waals surface area contributed by atoms with E-state index in [0.29, 0.717) is 30.0 Å². The Morgan fingerprint density at radius 1 is 1.40 bits per heavy atom. The Labute approximate surface area is 119 Å². The molecule has 0 aliphatic carbocycles. The SMILES string of the molecule is CCCNC(=O)CN(C)C(=O)c1c(N)c(CC)nn1C. The Morgan fingerprint density at radius 2 is 2.05 bits per heavy atom. The van der Waals surface area contributed by atoms with Gasteiger partial charge in [0, 0.05) is 20.6 Å². The van der Waals surface area contributed by atoms with Gasteiger partial charge in [-0.2, -0.15) is 5.10 Å². The minimum atomic E-state index is -0.302. The van der Waals surface area contributed by atoms with E-state index < -0.39 is 0 Å². The number of nitrogens with two attached hydrogens (primary N) is 1. The number of hydrogen-bond donors (Lipinski definition) is 2. The van der Waals surface area contributed by atoms with Crippen LogP contribution in [0.25, 0.3) is 0 Å². The van der Waals surface area contributed by atoms with E-state index in [1.807, 2.05) is 13.8 Å². The second kappa shape index (κ2) is 6.93. The molecule has 3 N–H and O–H groups in total. The summed E-state index contributed by atoms with van der Waals surface area (Å²) in [6.07, 6.45) is 1.52. The number of nitrogens with zero attached hydrogens (tertiary/aromatic N) is 3. The van der Waals surface area contributed by atoms with Gasteiger partial charge >= 0.3 is 0 Å². The number of carbonyl (C=O) groups excluding carboxylic acids is 2. The highest BCUT2D eigenvalue weighted by molar-refractivity contribution is 5.99. The summed E-state index contributed by atoms with van der Waals surface area (Å²) in [4.78, 5) is 25.3. The molecule has 0 saturated heterocycles. The number of hydrogen-bond acceptors (Lipinski definition) is 4. The Kier molecular flexibility index (Phi) is 5.54. The van der Waals surface area contributed by atoms with Crippen LogP contribution < -0.4 is 11.1 Å². The van der Waals surface area contributed by atoms with Gasteiger partial charge in [-0.25, -0.2) is 0 Å². The summed E-state index contributed by atoms with van der Waals surface area (Å²) in [7, 11) is 3.25. The molecule has 0 unspecified atom stereocenters. The number of aryl methyl sites for hydroxylation is 2. The van der Waals surface area contributed by atoms with Crippen LogP contribution in [-0.4, -0.2) is 46.6 Å². The van der Waals surface area contributed by atoms with Gasteiger partial charge in [0.1, 0.15) is 5.69 Å². The Balaban J connectivity index is 2.79. The maximum absolute atomic E-state index is 12.3. The molecule has 0 aliphatic heterocycles. The van der Waals surface area contributed by atoms with E-state index in [4.69, 9.17) is 5.73 Å². The van der Waals surface area contributed by atoms with E-state index >= 15 is 0 Å². The summed E-state index contributed by atoms with van der Waals surface area (Å²) < 4.78 is 1.47. The van der Waals surface area contributed by atoms with Crippen LogP contribution in [0.4, 0.5) is 5.69 Å². The van der Waals surface area contributed by atoms with Crippen molar-refractivity contribution in [1.82, 2.24) is 20.0 Å². The number of anilines is 1. The lowest BCUT2D eigenvalue weighted by Crippen LogP contribution is -2.39. The lowest BCUT2D eigenvalue weighted by molar-refractivity contribution is -0.121. The predicted molar refractivity (Wildman–Crippen MR) is 77.3 cm³/mol. The molecule has 112 valence electrons. The minimum absolute atomic E-state index is 0.00487. The van der Waals surface area contributed by atoms with Gasteiger partial charge in [0.25, 0.3) is 5.91 Å². The van der Waals surface area contributed by atoms with Gasteiger partial charge in [-0.1, -0.05) is 13.8 Å². The molecule has 2 amide bonds. The molecule has 0 aliphatic rings. The maximum atomic E-state index is 12.3. The summed E-state index contributed by atoms with van der Waals surface area (Å²) in [5.74, 6) is -0.483. The normalized spacial score (nSPS) is 10.4. The molecule has 1 aromatic rings. The fourth-order valence-corrected chi connectivity index (χ4v) is 1.90. The van der Waals surface area contributed by atoms with Crippen LogP contribution in [0.15, 0.2) is 0 Å². The molecular formula is C13H23N5O2. The lowest BCUT2D eigenvalue weighted by atomic mass is 10.2. The zero-order valence-corrected chi connectivity index (χ0v) is 12.6. The maximum Gasteiger partial charge on any atom is 0.274 e. The number of amides is 2. The highest BCUT2D eigenvalue weighted by Crippen LogP contribution is 2.18. The zero-order valence-electron chi connectivity index (χ0n) is 12.6. The smallest absolute Gasteiger partial charge is 0.274 e. The van der Waals surface area contributed by atoms with Gasteiger partial charge in [0.05, 0.1) is 17.9 Å². The summed E-state index contributed by atoms with van der Waals surface area (Å²) in [5, 5.41) is 6.93. The van der Waals surface area contributed by atoms with Crippen molar-refractivity contribution in [3.8, 4) is 0 Å². The average Bonchev–Trinajstić information content (AvgIpc) is 2.70. The average molecular weight is 281 g/mol. The lowest BCUT2D eigenvalue weighted by Gasteiger charge is -2.17. The van der Waals surface area contributed by atoms with Gasteiger partial charge in [-0.05, 0) is 12.8 Å². The first-order valence-corrected chi connectivity index (χ1v) is 6.75. The van der Waals surface area contributed by atoms with Gasteiger partial charge in [-0.15, -0.1) is 0 Å². The number of rotatable bonds is 6. The van der Waals surface area contributed by atoms with E-state index in [1.54, 1.807) is 14.1 Å². The topological polar surface area (TPSA) is 93.2 Å². The Bertz CT molecular complexity index is 495. The van der Waals surface area contributed by atoms with Crippen molar-refractivity contribution in [3.63, 3.8) is 0 Å². The van der Waals surface area contributed by atoms with E-state index in [2.05, 4.69) is 10.4 Å². The van der Waals surface area contributed by atoms with Crippen molar-refractivity contribution in [1.29, 1.82) is 0 Å². The van der Waals surface area contributed by atoms with Gasteiger partial charge in [-0.3, -0.25) is 14.3 Å². The quantitative estimate of drug-likeness (QED) is 0.777.